The molecule has 0 saturated heterocycles. The zero-order chi connectivity index (χ0) is 9.84. The van der Waals surface area contributed by atoms with Crippen LogP contribution in [0.1, 0.15) is 11.1 Å². The van der Waals surface area contributed by atoms with E-state index < -0.39 is 0 Å². The van der Waals surface area contributed by atoms with Gasteiger partial charge in [0.25, 0.3) is 0 Å². The highest BCUT2D eigenvalue weighted by molar-refractivity contribution is 9.11. The van der Waals surface area contributed by atoms with Crippen LogP contribution < -0.4 is 0 Å². The number of hydrogen-bond donors (Lipinski definition) is 0. The quantitative estimate of drug-likeness (QED) is 0.800. The smallest absolute Gasteiger partial charge is 0.100 e. The van der Waals surface area contributed by atoms with Gasteiger partial charge in [-0.05, 0) is 33.6 Å². The van der Waals surface area contributed by atoms with Gasteiger partial charge >= 0.3 is 0 Å². The molecule has 0 unspecified atom stereocenters. The fourth-order valence-corrected chi connectivity index (χ4v) is 2.12. The summed E-state index contributed by atoms with van der Waals surface area (Å²) in [6.45, 7) is 0. The third-order valence-electron chi connectivity index (χ3n) is 1.53. The van der Waals surface area contributed by atoms with Crippen molar-refractivity contribution in [3.63, 3.8) is 0 Å². The molecular weight excluding hydrogens is 296 g/mol. The van der Waals surface area contributed by atoms with Gasteiger partial charge in [0, 0.05) is 8.95 Å². The number of halogens is 2. The van der Waals surface area contributed by atoms with E-state index in [1.807, 2.05) is 12.1 Å². The zero-order valence-electron chi connectivity index (χ0n) is 6.51. The molecule has 0 spiro atoms. The van der Waals surface area contributed by atoms with E-state index in [1.54, 1.807) is 12.1 Å². The van der Waals surface area contributed by atoms with Crippen molar-refractivity contribution in [1.29, 1.82) is 10.5 Å². The first-order chi connectivity index (χ1) is 6.19. The number of nitriles is 2. The lowest BCUT2D eigenvalue weighted by Crippen LogP contribution is -1.87. The topological polar surface area (TPSA) is 47.6 Å². The van der Waals surface area contributed by atoms with E-state index in [0.717, 1.165) is 14.5 Å². The molecule has 0 saturated carbocycles. The van der Waals surface area contributed by atoms with Crippen LogP contribution in [-0.4, -0.2) is 0 Å². The van der Waals surface area contributed by atoms with Crippen LogP contribution in [0.15, 0.2) is 21.1 Å². The molecule has 1 rings (SSSR count). The van der Waals surface area contributed by atoms with E-state index in [4.69, 9.17) is 10.5 Å². The summed E-state index contributed by atoms with van der Waals surface area (Å²) in [6.07, 6.45) is 0.308. The Hall–Kier alpha value is -0.840. The van der Waals surface area contributed by atoms with Crippen LogP contribution in [0.4, 0.5) is 0 Å². The summed E-state index contributed by atoms with van der Waals surface area (Å²) in [5, 5.41) is 17.2. The van der Waals surface area contributed by atoms with Crippen LogP contribution >= 0.6 is 31.9 Å². The summed E-state index contributed by atoms with van der Waals surface area (Å²) in [5.74, 6) is 0. The van der Waals surface area contributed by atoms with Crippen molar-refractivity contribution >= 4 is 31.9 Å². The summed E-state index contributed by atoms with van der Waals surface area (Å²) < 4.78 is 1.59. The number of nitrogens with zero attached hydrogens (tertiary/aromatic N) is 2. The lowest BCUT2D eigenvalue weighted by molar-refractivity contribution is 1.23. The Morgan fingerprint density at radius 2 is 1.85 bits per heavy atom. The highest BCUT2D eigenvalue weighted by atomic mass is 79.9. The predicted octanol–water partition coefficient (Wildman–Crippen LogP) is 3.15. The lowest BCUT2D eigenvalue weighted by atomic mass is 10.1. The normalized spacial score (nSPS) is 8.92. The maximum Gasteiger partial charge on any atom is 0.100 e. The molecule has 13 heavy (non-hydrogen) atoms. The Labute approximate surface area is 93.0 Å². The van der Waals surface area contributed by atoms with Crippen LogP contribution in [0.5, 0.6) is 0 Å². The second kappa shape index (κ2) is 4.41. The van der Waals surface area contributed by atoms with Crippen molar-refractivity contribution in [3.05, 3.63) is 32.2 Å². The predicted molar refractivity (Wildman–Crippen MR) is 55.9 cm³/mol. The van der Waals surface area contributed by atoms with Gasteiger partial charge < -0.3 is 0 Å². The molecule has 0 fully saturated rings. The first-order valence-corrected chi connectivity index (χ1v) is 5.02. The van der Waals surface area contributed by atoms with E-state index in [1.165, 1.54) is 0 Å². The molecule has 0 bridgehead atoms. The van der Waals surface area contributed by atoms with Crippen molar-refractivity contribution < 1.29 is 0 Å². The Bertz CT molecular complexity index is 413. The number of hydrogen-bond acceptors (Lipinski definition) is 2. The zero-order valence-corrected chi connectivity index (χ0v) is 9.68. The van der Waals surface area contributed by atoms with Gasteiger partial charge in [-0.3, -0.25) is 0 Å². The molecule has 4 heteroatoms. The standard InChI is InChI=1S/C9H4Br2N2/c10-8-4-9(11)7(5-13)3-6(8)1-2-12/h3-4H,1H2. The minimum absolute atomic E-state index is 0.308. The van der Waals surface area contributed by atoms with E-state index in [0.29, 0.717) is 12.0 Å². The van der Waals surface area contributed by atoms with E-state index in [9.17, 15) is 0 Å². The van der Waals surface area contributed by atoms with Gasteiger partial charge in [0.05, 0.1) is 18.1 Å². The molecule has 0 aliphatic heterocycles. The molecule has 0 radical (unpaired) electrons. The molecule has 0 atom stereocenters. The lowest BCUT2D eigenvalue weighted by Gasteiger charge is -2.01. The monoisotopic (exact) mass is 298 g/mol. The van der Waals surface area contributed by atoms with Crippen molar-refractivity contribution in [2.45, 2.75) is 6.42 Å². The fraction of sp³-hybridized carbons (Fsp3) is 0.111. The van der Waals surface area contributed by atoms with Crippen LogP contribution in [0, 0.1) is 22.7 Å². The molecule has 0 aromatic heterocycles. The largest absolute Gasteiger partial charge is 0.198 e. The Kier molecular flexibility index (Phi) is 3.48. The molecule has 1 aromatic rings. The van der Waals surface area contributed by atoms with Crippen molar-refractivity contribution in [3.8, 4) is 12.1 Å². The molecule has 1 aromatic carbocycles. The maximum absolute atomic E-state index is 8.72. The minimum atomic E-state index is 0.308. The molecule has 0 amide bonds. The molecule has 0 heterocycles. The highest BCUT2D eigenvalue weighted by Gasteiger charge is 2.05. The average molecular weight is 300 g/mol. The SMILES string of the molecule is N#CCc1cc(C#N)c(Br)cc1Br. The van der Waals surface area contributed by atoms with Crippen LogP contribution in [0.2, 0.25) is 0 Å². The summed E-state index contributed by atoms with van der Waals surface area (Å²) in [6, 6.07) is 7.57. The summed E-state index contributed by atoms with van der Waals surface area (Å²) in [4.78, 5) is 0. The van der Waals surface area contributed by atoms with Gasteiger partial charge in [0.1, 0.15) is 6.07 Å². The number of benzene rings is 1. The Balaban J connectivity index is 3.26. The van der Waals surface area contributed by atoms with Crippen molar-refractivity contribution in [2.75, 3.05) is 0 Å². The summed E-state index contributed by atoms with van der Waals surface area (Å²) in [5.41, 5.74) is 1.38. The number of rotatable bonds is 1. The Morgan fingerprint density at radius 3 is 2.38 bits per heavy atom. The van der Waals surface area contributed by atoms with Gasteiger partial charge in [-0.2, -0.15) is 10.5 Å². The molecular formula is C9H4Br2N2. The fourth-order valence-electron chi connectivity index (χ4n) is 0.900. The molecule has 64 valence electrons. The second-order valence-electron chi connectivity index (χ2n) is 2.37. The highest BCUT2D eigenvalue weighted by Crippen LogP contribution is 2.25. The van der Waals surface area contributed by atoms with Gasteiger partial charge in [-0.15, -0.1) is 0 Å². The maximum atomic E-state index is 8.72. The van der Waals surface area contributed by atoms with Crippen molar-refractivity contribution in [2.24, 2.45) is 0 Å². The van der Waals surface area contributed by atoms with Gasteiger partial charge in [0.2, 0.25) is 0 Å². The minimum Gasteiger partial charge on any atom is -0.198 e. The first kappa shape index (κ1) is 10.2. The van der Waals surface area contributed by atoms with Gasteiger partial charge in [-0.1, -0.05) is 15.9 Å². The van der Waals surface area contributed by atoms with Gasteiger partial charge in [0.15, 0.2) is 0 Å². The third kappa shape index (κ3) is 2.30. The molecule has 0 aliphatic rings. The summed E-state index contributed by atoms with van der Waals surface area (Å²) >= 11 is 6.58. The van der Waals surface area contributed by atoms with Crippen LogP contribution in [0.25, 0.3) is 0 Å². The van der Waals surface area contributed by atoms with E-state index >= 15 is 0 Å². The second-order valence-corrected chi connectivity index (χ2v) is 4.08. The third-order valence-corrected chi connectivity index (χ3v) is 2.92. The van der Waals surface area contributed by atoms with Crippen molar-refractivity contribution in [1.82, 2.24) is 0 Å². The van der Waals surface area contributed by atoms with Crippen LogP contribution in [-0.2, 0) is 6.42 Å². The average Bonchev–Trinajstić information content (AvgIpc) is 2.10. The van der Waals surface area contributed by atoms with Gasteiger partial charge in [-0.25, -0.2) is 0 Å². The molecule has 2 nitrogen and oxygen atoms in total. The van der Waals surface area contributed by atoms with E-state index in [2.05, 4.69) is 31.9 Å². The summed E-state index contributed by atoms with van der Waals surface area (Å²) in [7, 11) is 0. The molecule has 0 aliphatic carbocycles. The first-order valence-electron chi connectivity index (χ1n) is 3.44. The van der Waals surface area contributed by atoms with E-state index in [-0.39, 0.29) is 0 Å². The Morgan fingerprint density at radius 1 is 1.15 bits per heavy atom. The molecule has 0 N–H and O–H groups in total. The van der Waals surface area contributed by atoms with Crippen LogP contribution in [0.3, 0.4) is 0 Å².